The summed E-state index contributed by atoms with van der Waals surface area (Å²) in [5.74, 6) is 1.28. The molecule has 0 radical (unpaired) electrons. The summed E-state index contributed by atoms with van der Waals surface area (Å²) in [5.41, 5.74) is 3.56. The highest BCUT2D eigenvalue weighted by Crippen LogP contribution is 2.25. The minimum absolute atomic E-state index is 0.0727. The van der Waals surface area contributed by atoms with Gasteiger partial charge in [-0.25, -0.2) is 4.98 Å². The lowest BCUT2D eigenvalue weighted by atomic mass is 9.94. The summed E-state index contributed by atoms with van der Waals surface area (Å²) in [6.45, 7) is 4.14. The molecule has 4 heterocycles. The number of benzene rings is 1. The number of nitrogens with one attached hydrogen (secondary N) is 1. The maximum Gasteiger partial charge on any atom is 0.257 e. The fraction of sp³-hybridized carbons (Fsp3) is 0.429. The maximum absolute atomic E-state index is 12.9. The van der Waals surface area contributed by atoms with E-state index in [4.69, 9.17) is 4.74 Å². The predicted molar refractivity (Wildman–Crippen MR) is 109 cm³/mol. The summed E-state index contributed by atoms with van der Waals surface area (Å²) in [7, 11) is 0. The smallest absolute Gasteiger partial charge is 0.257 e. The molecular weight excluding hydrogens is 368 g/mol. The number of carbonyl (C=O) groups is 1. The zero-order valence-corrected chi connectivity index (χ0v) is 16.3. The van der Waals surface area contributed by atoms with E-state index in [-0.39, 0.29) is 5.91 Å². The Morgan fingerprint density at radius 3 is 2.83 bits per heavy atom. The molecular formula is C21H24N6O2. The second-order valence-corrected chi connectivity index (χ2v) is 7.62. The van der Waals surface area contributed by atoms with Gasteiger partial charge in [0.25, 0.3) is 5.91 Å². The molecule has 8 heteroatoms. The van der Waals surface area contributed by atoms with Crippen molar-refractivity contribution in [1.82, 2.24) is 24.6 Å². The zero-order valence-electron chi connectivity index (χ0n) is 16.3. The molecule has 1 atom stereocenters. The van der Waals surface area contributed by atoms with Crippen LogP contribution in [0.25, 0.3) is 11.0 Å². The standard InChI is InChI=1S/C21H24N6O2/c28-21(26-7-9-29-10-8-26)16-13-24-27-6-5-15(11-19(16)27)12-23-20-14-22-17-3-1-2-4-18(17)25-20/h1-4,13-15H,5-12H2,(H,23,25)/t15-/m0/s1. The van der Waals surface area contributed by atoms with Gasteiger partial charge in [-0.15, -0.1) is 0 Å². The number of nitrogens with zero attached hydrogens (tertiary/aromatic N) is 5. The lowest BCUT2D eigenvalue weighted by Gasteiger charge is -2.28. The van der Waals surface area contributed by atoms with Crippen molar-refractivity contribution in [2.45, 2.75) is 19.4 Å². The molecule has 29 heavy (non-hydrogen) atoms. The largest absolute Gasteiger partial charge is 0.378 e. The lowest BCUT2D eigenvalue weighted by Crippen LogP contribution is -2.41. The summed E-state index contributed by atoms with van der Waals surface area (Å²) in [5, 5.41) is 7.88. The van der Waals surface area contributed by atoms with Gasteiger partial charge in [-0.3, -0.25) is 14.5 Å². The van der Waals surface area contributed by atoms with Gasteiger partial charge in [-0.1, -0.05) is 12.1 Å². The number of aromatic nitrogens is 4. The predicted octanol–water partition coefficient (Wildman–Crippen LogP) is 1.97. The molecule has 0 aliphatic carbocycles. The normalized spacial score (nSPS) is 19.2. The van der Waals surface area contributed by atoms with Gasteiger partial charge in [0, 0.05) is 26.2 Å². The topological polar surface area (TPSA) is 85.2 Å². The van der Waals surface area contributed by atoms with E-state index >= 15 is 0 Å². The molecule has 5 rings (SSSR count). The van der Waals surface area contributed by atoms with Crippen LogP contribution < -0.4 is 5.32 Å². The highest BCUT2D eigenvalue weighted by molar-refractivity contribution is 5.95. The van der Waals surface area contributed by atoms with Crippen molar-refractivity contribution in [3.63, 3.8) is 0 Å². The van der Waals surface area contributed by atoms with E-state index in [0.29, 0.717) is 32.2 Å². The van der Waals surface area contributed by atoms with Crippen LogP contribution in [0.2, 0.25) is 0 Å². The molecule has 1 fully saturated rings. The molecule has 2 aromatic heterocycles. The third kappa shape index (κ3) is 3.67. The number of fused-ring (bicyclic) bond motifs is 2. The van der Waals surface area contributed by atoms with Crippen LogP contribution in [-0.4, -0.2) is 63.4 Å². The second kappa shape index (κ2) is 7.79. The Hall–Kier alpha value is -3.00. The van der Waals surface area contributed by atoms with Gasteiger partial charge >= 0.3 is 0 Å². The molecule has 2 aliphatic heterocycles. The molecule has 0 unspecified atom stereocenters. The monoisotopic (exact) mass is 392 g/mol. The summed E-state index contributed by atoms with van der Waals surface area (Å²) in [4.78, 5) is 23.9. The Bertz CT molecular complexity index is 1030. The minimum atomic E-state index is 0.0727. The van der Waals surface area contributed by atoms with Gasteiger partial charge in [-0.2, -0.15) is 5.10 Å². The van der Waals surface area contributed by atoms with Crippen LogP contribution in [0.5, 0.6) is 0 Å². The van der Waals surface area contributed by atoms with E-state index in [1.807, 2.05) is 33.8 Å². The average molecular weight is 392 g/mol. The van der Waals surface area contributed by atoms with Crippen molar-refractivity contribution in [3.05, 3.63) is 47.9 Å². The van der Waals surface area contributed by atoms with Crippen LogP contribution >= 0.6 is 0 Å². The number of para-hydroxylation sites is 2. The number of amides is 1. The van der Waals surface area contributed by atoms with Crippen molar-refractivity contribution in [2.24, 2.45) is 5.92 Å². The summed E-state index contributed by atoms with van der Waals surface area (Å²) in [6, 6.07) is 7.86. The Kier molecular flexibility index (Phi) is 4.85. The number of rotatable bonds is 4. The van der Waals surface area contributed by atoms with E-state index in [9.17, 15) is 4.79 Å². The zero-order chi connectivity index (χ0) is 19.6. The first-order valence-corrected chi connectivity index (χ1v) is 10.2. The molecule has 8 nitrogen and oxygen atoms in total. The van der Waals surface area contributed by atoms with E-state index in [1.165, 1.54) is 0 Å². The first-order chi connectivity index (χ1) is 14.3. The van der Waals surface area contributed by atoms with Crippen LogP contribution in [0.3, 0.4) is 0 Å². The van der Waals surface area contributed by atoms with E-state index in [1.54, 1.807) is 12.4 Å². The number of carbonyl (C=O) groups excluding carboxylic acids is 1. The average Bonchev–Trinajstić information content (AvgIpc) is 3.21. The maximum atomic E-state index is 12.9. The van der Waals surface area contributed by atoms with Crippen molar-refractivity contribution in [1.29, 1.82) is 0 Å². The highest BCUT2D eigenvalue weighted by Gasteiger charge is 2.28. The van der Waals surface area contributed by atoms with Crippen LogP contribution in [0.1, 0.15) is 22.5 Å². The fourth-order valence-corrected chi connectivity index (χ4v) is 4.08. The quantitative estimate of drug-likeness (QED) is 0.731. The molecule has 1 aromatic carbocycles. The molecule has 2 aliphatic rings. The Balaban J connectivity index is 1.26. The van der Waals surface area contributed by atoms with Gasteiger partial charge in [0.05, 0.1) is 47.9 Å². The van der Waals surface area contributed by atoms with Crippen molar-refractivity contribution < 1.29 is 9.53 Å². The van der Waals surface area contributed by atoms with Crippen LogP contribution in [-0.2, 0) is 17.7 Å². The van der Waals surface area contributed by atoms with Crippen LogP contribution in [0.15, 0.2) is 36.7 Å². The van der Waals surface area contributed by atoms with E-state index in [2.05, 4.69) is 20.4 Å². The summed E-state index contributed by atoms with van der Waals surface area (Å²) >= 11 is 0. The van der Waals surface area contributed by atoms with E-state index in [0.717, 1.165) is 54.0 Å². The Morgan fingerprint density at radius 1 is 1.14 bits per heavy atom. The third-order valence-electron chi connectivity index (χ3n) is 5.73. The van der Waals surface area contributed by atoms with Gasteiger partial charge in [0.1, 0.15) is 5.82 Å². The molecule has 0 saturated carbocycles. The van der Waals surface area contributed by atoms with E-state index < -0.39 is 0 Å². The van der Waals surface area contributed by atoms with Gasteiger partial charge in [0.2, 0.25) is 0 Å². The molecule has 1 saturated heterocycles. The molecule has 0 bridgehead atoms. The Labute approximate surface area is 168 Å². The number of ether oxygens (including phenoxy) is 1. The number of hydrogen-bond donors (Lipinski definition) is 1. The molecule has 3 aromatic rings. The molecule has 150 valence electrons. The first-order valence-electron chi connectivity index (χ1n) is 10.2. The number of morpholine rings is 1. The lowest BCUT2D eigenvalue weighted by molar-refractivity contribution is 0.0301. The molecule has 0 spiro atoms. The van der Waals surface area contributed by atoms with Gasteiger partial charge in [0.15, 0.2) is 0 Å². The van der Waals surface area contributed by atoms with Crippen LogP contribution in [0.4, 0.5) is 5.82 Å². The fourth-order valence-electron chi connectivity index (χ4n) is 4.08. The summed E-state index contributed by atoms with van der Waals surface area (Å²) in [6.07, 6.45) is 5.37. The van der Waals surface area contributed by atoms with Gasteiger partial charge in [-0.05, 0) is 30.9 Å². The first kappa shape index (κ1) is 18.1. The summed E-state index contributed by atoms with van der Waals surface area (Å²) < 4.78 is 7.35. The highest BCUT2D eigenvalue weighted by atomic mass is 16.5. The van der Waals surface area contributed by atoms with Crippen LogP contribution in [0, 0.1) is 5.92 Å². The molecule has 1 amide bonds. The second-order valence-electron chi connectivity index (χ2n) is 7.62. The SMILES string of the molecule is O=C(c1cnn2c1C[C@@H](CNc1cnc3ccccc3n1)CC2)N1CCOCC1. The third-order valence-corrected chi connectivity index (χ3v) is 5.73. The number of hydrogen-bond acceptors (Lipinski definition) is 6. The molecule has 1 N–H and O–H groups in total. The van der Waals surface area contributed by atoms with Crippen molar-refractivity contribution in [2.75, 3.05) is 38.2 Å². The van der Waals surface area contributed by atoms with Crippen molar-refractivity contribution >= 4 is 22.8 Å². The number of anilines is 1. The van der Waals surface area contributed by atoms with Crippen molar-refractivity contribution in [3.8, 4) is 0 Å². The number of aryl methyl sites for hydroxylation is 1. The minimum Gasteiger partial charge on any atom is -0.378 e. The Morgan fingerprint density at radius 2 is 1.97 bits per heavy atom. The van der Waals surface area contributed by atoms with Gasteiger partial charge < -0.3 is 15.0 Å².